The number of hydrogen-bond donors (Lipinski definition) is 2. The molecule has 27 heavy (non-hydrogen) atoms. The fraction of sp³-hybridized carbons (Fsp3) is 0.611. The Morgan fingerprint density at radius 3 is 2.37 bits per heavy atom. The van der Waals surface area contributed by atoms with Crippen LogP contribution in [0.25, 0.3) is 0 Å². The van der Waals surface area contributed by atoms with Gasteiger partial charge in [0.05, 0.1) is 18.1 Å². The molecule has 3 rings (SSSR count). The van der Waals surface area contributed by atoms with Crippen molar-refractivity contribution in [3.63, 3.8) is 0 Å². The van der Waals surface area contributed by atoms with Crippen LogP contribution in [0, 0.1) is 0 Å². The third-order valence-electron chi connectivity index (χ3n) is 4.88. The number of ether oxygens (including phenoxy) is 1. The molecule has 2 aliphatic heterocycles. The summed E-state index contributed by atoms with van der Waals surface area (Å²) in [5.74, 6) is 0. The number of thiocarbonyl (C=S) groups is 1. The molecule has 0 aliphatic carbocycles. The number of likely N-dealkylation sites (tertiary alicyclic amines) is 1. The van der Waals surface area contributed by atoms with E-state index in [1.54, 1.807) is 24.3 Å². The molecule has 2 fully saturated rings. The van der Waals surface area contributed by atoms with Crippen LogP contribution >= 0.6 is 12.2 Å². The Morgan fingerprint density at radius 2 is 1.70 bits per heavy atom. The van der Waals surface area contributed by atoms with Crippen LogP contribution in [-0.2, 0) is 14.8 Å². The number of sulfonamides is 1. The van der Waals surface area contributed by atoms with E-state index in [2.05, 4.69) is 15.5 Å². The van der Waals surface area contributed by atoms with Crippen LogP contribution < -0.4 is 10.6 Å². The van der Waals surface area contributed by atoms with Crippen LogP contribution in [0.5, 0.6) is 0 Å². The molecule has 0 saturated carbocycles. The van der Waals surface area contributed by atoms with E-state index in [-0.39, 0.29) is 0 Å². The van der Waals surface area contributed by atoms with Crippen LogP contribution in [-0.4, -0.2) is 75.2 Å². The molecule has 0 radical (unpaired) electrons. The van der Waals surface area contributed by atoms with E-state index < -0.39 is 10.0 Å². The Labute approximate surface area is 167 Å². The smallest absolute Gasteiger partial charge is 0.243 e. The van der Waals surface area contributed by atoms with Gasteiger partial charge in [0.25, 0.3) is 0 Å². The van der Waals surface area contributed by atoms with Crippen molar-refractivity contribution >= 4 is 33.0 Å². The first-order chi connectivity index (χ1) is 13.1. The Kier molecular flexibility index (Phi) is 7.42. The minimum absolute atomic E-state index is 0.291. The average Bonchev–Trinajstić information content (AvgIpc) is 2.70. The largest absolute Gasteiger partial charge is 0.379 e. The molecule has 2 N–H and O–H groups in total. The first kappa shape index (κ1) is 20.5. The second kappa shape index (κ2) is 9.79. The van der Waals surface area contributed by atoms with Crippen molar-refractivity contribution in [2.75, 3.05) is 57.8 Å². The lowest BCUT2D eigenvalue weighted by Crippen LogP contribution is -2.40. The van der Waals surface area contributed by atoms with Crippen LogP contribution in [0.15, 0.2) is 29.2 Å². The summed E-state index contributed by atoms with van der Waals surface area (Å²) < 4.78 is 31.9. The van der Waals surface area contributed by atoms with Gasteiger partial charge in [0.1, 0.15) is 0 Å². The van der Waals surface area contributed by atoms with Gasteiger partial charge in [-0.15, -0.1) is 0 Å². The molecular weight excluding hydrogens is 384 g/mol. The molecule has 2 aliphatic rings. The number of nitrogens with zero attached hydrogens (tertiary/aromatic N) is 2. The van der Waals surface area contributed by atoms with E-state index >= 15 is 0 Å². The molecule has 7 nitrogen and oxygen atoms in total. The van der Waals surface area contributed by atoms with E-state index in [0.717, 1.165) is 18.8 Å². The summed E-state index contributed by atoms with van der Waals surface area (Å²) in [6.07, 6.45) is 3.89. The zero-order valence-corrected chi connectivity index (χ0v) is 17.2. The second-order valence-electron chi connectivity index (χ2n) is 6.82. The molecular formula is C18H28N4O3S2. The summed E-state index contributed by atoms with van der Waals surface area (Å²) in [6.45, 7) is 5.79. The van der Waals surface area contributed by atoms with Crippen molar-refractivity contribution in [1.82, 2.24) is 14.5 Å². The number of benzene rings is 1. The maximum Gasteiger partial charge on any atom is 0.243 e. The van der Waals surface area contributed by atoms with Crippen LogP contribution in [0.3, 0.4) is 0 Å². The summed E-state index contributed by atoms with van der Waals surface area (Å²) in [6, 6.07) is 6.71. The number of anilines is 1. The van der Waals surface area contributed by atoms with E-state index in [1.165, 1.54) is 36.7 Å². The number of hydrogen-bond acceptors (Lipinski definition) is 5. The molecule has 2 saturated heterocycles. The Morgan fingerprint density at radius 1 is 1.04 bits per heavy atom. The fourth-order valence-electron chi connectivity index (χ4n) is 3.33. The minimum Gasteiger partial charge on any atom is -0.379 e. The minimum atomic E-state index is -3.46. The van der Waals surface area contributed by atoms with Gasteiger partial charge in [0, 0.05) is 31.9 Å². The molecule has 1 aromatic carbocycles. The molecule has 9 heteroatoms. The quantitative estimate of drug-likeness (QED) is 0.686. The van der Waals surface area contributed by atoms with E-state index in [1.807, 2.05) is 0 Å². The average molecular weight is 413 g/mol. The van der Waals surface area contributed by atoms with Crippen molar-refractivity contribution in [1.29, 1.82) is 0 Å². The standard InChI is InChI=1S/C18H28N4O3S2/c23-27(24,22-12-14-25-15-13-22)17-6-4-16(5-7-17)20-18(26)19-8-11-21-9-2-1-3-10-21/h4-7H,1-3,8-15H2,(H2,19,20,26). The van der Waals surface area contributed by atoms with Crippen molar-refractivity contribution in [3.05, 3.63) is 24.3 Å². The molecule has 0 atom stereocenters. The highest BCUT2D eigenvalue weighted by Crippen LogP contribution is 2.19. The summed E-state index contributed by atoms with van der Waals surface area (Å²) in [5, 5.41) is 6.88. The van der Waals surface area contributed by atoms with E-state index in [4.69, 9.17) is 17.0 Å². The molecule has 150 valence electrons. The lowest BCUT2D eigenvalue weighted by Gasteiger charge is -2.26. The molecule has 0 spiro atoms. The maximum absolute atomic E-state index is 12.6. The molecule has 0 aromatic heterocycles. The van der Waals surface area contributed by atoms with Crippen molar-refractivity contribution in [3.8, 4) is 0 Å². The SMILES string of the molecule is O=S(=O)(c1ccc(NC(=S)NCCN2CCCCC2)cc1)N1CCOCC1. The van der Waals surface area contributed by atoms with Crippen molar-refractivity contribution < 1.29 is 13.2 Å². The van der Waals surface area contributed by atoms with Gasteiger partial charge in [-0.05, 0) is 62.4 Å². The second-order valence-corrected chi connectivity index (χ2v) is 9.17. The molecule has 2 heterocycles. The highest BCUT2D eigenvalue weighted by Gasteiger charge is 2.26. The molecule has 0 amide bonds. The van der Waals surface area contributed by atoms with Crippen LogP contribution in [0.2, 0.25) is 0 Å². The van der Waals surface area contributed by atoms with Gasteiger partial charge in [-0.25, -0.2) is 8.42 Å². The van der Waals surface area contributed by atoms with Crippen molar-refractivity contribution in [2.24, 2.45) is 0 Å². The Balaban J connectivity index is 1.47. The van der Waals surface area contributed by atoms with Gasteiger partial charge in [0.15, 0.2) is 5.11 Å². The summed E-state index contributed by atoms with van der Waals surface area (Å²) in [5.41, 5.74) is 0.770. The predicted octanol–water partition coefficient (Wildman–Crippen LogP) is 1.48. The monoisotopic (exact) mass is 412 g/mol. The zero-order valence-electron chi connectivity index (χ0n) is 15.5. The summed E-state index contributed by atoms with van der Waals surface area (Å²) in [7, 11) is -3.46. The maximum atomic E-state index is 12.6. The highest BCUT2D eigenvalue weighted by molar-refractivity contribution is 7.89. The topological polar surface area (TPSA) is 73.9 Å². The third-order valence-corrected chi connectivity index (χ3v) is 7.04. The lowest BCUT2D eigenvalue weighted by atomic mass is 10.1. The van der Waals surface area contributed by atoms with E-state index in [0.29, 0.717) is 36.3 Å². The van der Waals surface area contributed by atoms with Gasteiger partial charge < -0.3 is 20.3 Å². The zero-order chi connectivity index (χ0) is 19.1. The lowest BCUT2D eigenvalue weighted by molar-refractivity contribution is 0.0730. The third kappa shape index (κ3) is 5.86. The Hall–Kier alpha value is -1.26. The first-order valence-corrected chi connectivity index (χ1v) is 11.4. The van der Waals surface area contributed by atoms with Gasteiger partial charge in [-0.1, -0.05) is 6.42 Å². The summed E-state index contributed by atoms with van der Waals surface area (Å²) >= 11 is 5.33. The van der Waals surface area contributed by atoms with Gasteiger partial charge in [0.2, 0.25) is 10.0 Å². The van der Waals surface area contributed by atoms with Crippen LogP contribution in [0.4, 0.5) is 5.69 Å². The van der Waals surface area contributed by atoms with E-state index in [9.17, 15) is 8.42 Å². The van der Waals surface area contributed by atoms with Gasteiger partial charge >= 0.3 is 0 Å². The van der Waals surface area contributed by atoms with Crippen molar-refractivity contribution in [2.45, 2.75) is 24.2 Å². The number of morpholine rings is 1. The Bertz CT molecular complexity index is 713. The molecule has 0 bridgehead atoms. The molecule has 0 unspecified atom stereocenters. The molecule has 1 aromatic rings. The number of rotatable bonds is 6. The number of piperidine rings is 1. The van der Waals surface area contributed by atoms with Gasteiger partial charge in [-0.3, -0.25) is 0 Å². The first-order valence-electron chi connectivity index (χ1n) is 9.51. The van der Waals surface area contributed by atoms with Gasteiger partial charge in [-0.2, -0.15) is 4.31 Å². The highest BCUT2D eigenvalue weighted by atomic mass is 32.2. The normalized spacial score (nSPS) is 19.6. The predicted molar refractivity (Wildman–Crippen MR) is 111 cm³/mol. The summed E-state index contributed by atoms with van der Waals surface area (Å²) in [4.78, 5) is 2.74. The number of nitrogens with one attached hydrogen (secondary N) is 2. The van der Waals surface area contributed by atoms with Crippen LogP contribution in [0.1, 0.15) is 19.3 Å². The fourth-order valence-corrected chi connectivity index (χ4v) is 4.96.